The molecule has 1 aliphatic rings. The highest BCUT2D eigenvalue weighted by molar-refractivity contribution is 5.90. The largest absolute Gasteiger partial charge is 0.345 e. The molecule has 1 amide bonds. The predicted octanol–water partition coefficient (Wildman–Crippen LogP) is 2.26. The van der Waals surface area contributed by atoms with E-state index < -0.39 is 0 Å². The lowest BCUT2D eigenvalue weighted by Gasteiger charge is -2.34. The Balaban J connectivity index is 1.85. The van der Waals surface area contributed by atoms with Gasteiger partial charge in [-0.15, -0.1) is 5.10 Å². The van der Waals surface area contributed by atoms with E-state index in [0.717, 1.165) is 12.4 Å². The Morgan fingerprint density at radius 3 is 2.81 bits per heavy atom. The number of aromatic amines is 1. The molecule has 0 spiro atoms. The molecule has 0 saturated heterocycles. The molecule has 1 N–H and O–H groups in total. The van der Waals surface area contributed by atoms with Crippen LogP contribution < -0.4 is 0 Å². The zero-order chi connectivity index (χ0) is 15.1. The third kappa shape index (κ3) is 2.24. The Morgan fingerprint density at radius 2 is 2.14 bits per heavy atom. The highest BCUT2D eigenvalue weighted by Gasteiger charge is 2.31. The molecule has 3 heterocycles. The molecular weight excluding hydrogens is 266 g/mol. The van der Waals surface area contributed by atoms with Crippen molar-refractivity contribution in [2.45, 2.75) is 46.2 Å². The second kappa shape index (κ2) is 5.02. The molecule has 0 radical (unpaired) electrons. The van der Waals surface area contributed by atoms with Gasteiger partial charge in [0.05, 0.1) is 6.04 Å². The first-order valence-corrected chi connectivity index (χ1v) is 7.38. The Morgan fingerprint density at radius 1 is 1.38 bits per heavy atom. The quantitative estimate of drug-likeness (QED) is 0.921. The van der Waals surface area contributed by atoms with Crippen LogP contribution in [0.4, 0.5) is 0 Å². The molecule has 0 fully saturated rings. The van der Waals surface area contributed by atoms with E-state index in [1.165, 1.54) is 11.4 Å². The minimum Gasteiger partial charge on any atom is -0.345 e. The average molecular weight is 287 g/mol. The van der Waals surface area contributed by atoms with Crippen molar-refractivity contribution in [2.24, 2.45) is 0 Å². The molecule has 0 bridgehead atoms. The van der Waals surface area contributed by atoms with Gasteiger partial charge in [0.2, 0.25) is 5.82 Å². The van der Waals surface area contributed by atoms with E-state index in [-0.39, 0.29) is 23.7 Å². The standard InChI is InChI=1S/C15H21N5O/c1-9(2)13-16-14(18-17-13)15(21)20-8-7-19-10(3)5-6-12(19)11(20)4/h5-6,9,11H,7-8H2,1-4H3,(H,16,17,18). The van der Waals surface area contributed by atoms with E-state index in [1.54, 1.807) is 0 Å². The van der Waals surface area contributed by atoms with E-state index in [4.69, 9.17) is 0 Å². The summed E-state index contributed by atoms with van der Waals surface area (Å²) in [5, 5.41) is 6.92. The number of H-pyrrole nitrogens is 1. The van der Waals surface area contributed by atoms with Gasteiger partial charge in [0.1, 0.15) is 5.82 Å². The van der Waals surface area contributed by atoms with Gasteiger partial charge in [-0.1, -0.05) is 13.8 Å². The fraction of sp³-hybridized carbons (Fsp3) is 0.533. The zero-order valence-electron chi connectivity index (χ0n) is 12.9. The lowest BCUT2D eigenvalue weighted by Crippen LogP contribution is -2.41. The molecule has 3 rings (SSSR count). The molecule has 1 atom stereocenters. The van der Waals surface area contributed by atoms with Crippen molar-refractivity contribution in [3.8, 4) is 0 Å². The van der Waals surface area contributed by atoms with E-state index in [1.807, 2.05) is 18.7 Å². The fourth-order valence-electron chi connectivity index (χ4n) is 2.85. The molecule has 1 aliphatic heterocycles. The van der Waals surface area contributed by atoms with Gasteiger partial charge in [-0.2, -0.15) is 0 Å². The topological polar surface area (TPSA) is 66.8 Å². The zero-order valence-corrected chi connectivity index (χ0v) is 12.9. The molecule has 2 aromatic rings. The van der Waals surface area contributed by atoms with Crippen LogP contribution >= 0.6 is 0 Å². The van der Waals surface area contributed by atoms with Crippen molar-refractivity contribution in [3.63, 3.8) is 0 Å². The number of rotatable bonds is 2. The third-order valence-corrected chi connectivity index (χ3v) is 4.19. The molecule has 0 saturated carbocycles. The number of nitrogens with one attached hydrogen (secondary N) is 1. The van der Waals surface area contributed by atoms with Crippen LogP contribution in [0.5, 0.6) is 0 Å². The lowest BCUT2D eigenvalue weighted by molar-refractivity contribution is 0.0630. The van der Waals surface area contributed by atoms with Crippen LogP contribution in [0, 0.1) is 6.92 Å². The summed E-state index contributed by atoms with van der Waals surface area (Å²) in [6, 6.07) is 4.24. The van der Waals surface area contributed by atoms with E-state index >= 15 is 0 Å². The van der Waals surface area contributed by atoms with Crippen LogP contribution in [0.25, 0.3) is 0 Å². The van der Waals surface area contributed by atoms with Crippen molar-refractivity contribution in [2.75, 3.05) is 6.54 Å². The van der Waals surface area contributed by atoms with Crippen LogP contribution in [0.2, 0.25) is 0 Å². The number of nitrogens with zero attached hydrogens (tertiary/aromatic N) is 4. The highest BCUT2D eigenvalue weighted by atomic mass is 16.2. The van der Waals surface area contributed by atoms with Crippen LogP contribution in [0.1, 0.15) is 60.6 Å². The van der Waals surface area contributed by atoms with Crippen molar-refractivity contribution >= 4 is 5.91 Å². The molecule has 6 nitrogen and oxygen atoms in total. The maximum Gasteiger partial charge on any atom is 0.294 e. The van der Waals surface area contributed by atoms with Gasteiger partial charge in [0.15, 0.2) is 0 Å². The first-order valence-electron chi connectivity index (χ1n) is 7.38. The molecule has 21 heavy (non-hydrogen) atoms. The summed E-state index contributed by atoms with van der Waals surface area (Å²) in [5.41, 5.74) is 2.41. The summed E-state index contributed by atoms with van der Waals surface area (Å²) in [5.74, 6) is 1.15. The highest BCUT2D eigenvalue weighted by Crippen LogP contribution is 2.28. The fourth-order valence-corrected chi connectivity index (χ4v) is 2.85. The Labute approximate surface area is 124 Å². The summed E-state index contributed by atoms with van der Waals surface area (Å²) < 4.78 is 2.27. The normalized spacial score (nSPS) is 18.1. The molecule has 6 heteroatoms. The molecular formula is C15H21N5O. The van der Waals surface area contributed by atoms with Gasteiger partial charge >= 0.3 is 0 Å². The number of hydrogen-bond acceptors (Lipinski definition) is 3. The number of carbonyl (C=O) groups excluding carboxylic acids is 1. The number of fused-ring (bicyclic) bond motifs is 1. The minimum atomic E-state index is -0.101. The summed E-state index contributed by atoms with van der Waals surface area (Å²) in [7, 11) is 0. The van der Waals surface area contributed by atoms with E-state index in [9.17, 15) is 4.79 Å². The predicted molar refractivity (Wildman–Crippen MR) is 79.1 cm³/mol. The van der Waals surface area contributed by atoms with Gasteiger partial charge < -0.3 is 9.47 Å². The van der Waals surface area contributed by atoms with Crippen LogP contribution in [0.3, 0.4) is 0 Å². The van der Waals surface area contributed by atoms with Gasteiger partial charge in [0, 0.05) is 30.4 Å². The van der Waals surface area contributed by atoms with Crippen molar-refractivity contribution in [1.29, 1.82) is 0 Å². The second-order valence-electron chi connectivity index (χ2n) is 5.92. The maximum absolute atomic E-state index is 12.6. The summed E-state index contributed by atoms with van der Waals surface area (Å²) >= 11 is 0. The van der Waals surface area contributed by atoms with Gasteiger partial charge in [-0.25, -0.2) is 4.98 Å². The van der Waals surface area contributed by atoms with E-state index in [2.05, 4.69) is 45.7 Å². The monoisotopic (exact) mass is 287 g/mol. The molecule has 2 aromatic heterocycles. The third-order valence-electron chi connectivity index (χ3n) is 4.19. The summed E-state index contributed by atoms with van der Waals surface area (Å²) in [4.78, 5) is 18.8. The Hall–Kier alpha value is -2.11. The van der Waals surface area contributed by atoms with Crippen molar-refractivity contribution < 1.29 is 4.79 Å². The molecule has 0 aromatic carbocycles. The lowest BCUT2D eigenvalue weighted by atomic mass is 10.1. The van der Waals surface area contributed by atoms with Crippen molar-refractivity contribution in [1.82, 2.24) is 24.6 Å². The summed E-state index contributed by atoms with van der Waals surface area (Å²) in [6.07, 6.45) is 0. The molecule has 0 aliphatic carbocycles. The number of amides is 1. The van der Waals surface area contributed by atoms with Crippen molar-refractivity contribution in [3.05, 3.63) is 35.2 Å². The summed E-state index contributed by atoms with van der Waals surface area (Å²) in [6.45, 7) is 9.71. The Kier molecular flexibility index (Phi) is 3.31. The Bertz CT molecular complexity index is 669. The maximum atomic E-state index is 12.6. The number of aryl methyl sites for hydroxylation is 1. The van der Waals surface area contributed by atoms with E-state index in [0.29, 0.717) is 6.54 Å². The first kappa shape index (κ1) is 13.9. The second-order valence-corrected chi connectivity index (χ2v) is 5.92. The van der Waals surface area contributed by atoms with Gasteiger partial charge in [0.25, 0.3) is 5.91 Å². The SMILES string of the molecule is Cc1ccc2n1CCN(C(=O)c1n[nH]c(C(C)C)n1)C2C. The molecule has 1 unspecified atom stereocenters. The van der Waals surface area contributed by atoms with Gasteiger partial charge in [-0.3, -0.25) is 9.89 Å². The van der Waals surface area contributed by atoms with Gasteiger partial charge in [-0.05, 0) is 26.0 Å². The van der Waals surface area contributed by atoms with Crippen LogP contribution in [0.15, 0.2) is 12.1 Å². The molecule has 112 valence electrons. The number of carbonyl (C=O) groups is 1. The first-order chi connectivity index (χ1) is 9.99. The number of aromatic nitrogens is 4. The van der Waals surface area contributed by atoms with Crippen LogP contribution in [-0.2, 0) is 6.54 Å². The minimum absolute atomic E-state index is 0.0425. The van der Waals surface area contributed by atoms with Crippen LogP contribution in [-0.4, -0.2) is 37.1 Å². The average Bonchev–Trinajstić information content (AvgIpc) is 3.06. The smallest absolute Gasteiger partial charge is 0.294 e. The number of hydrogen-bond donors (Lipinski definition) is 1.